The monoisotopic (exact) mass is 496 g/mol. The van der Waals surface area contributed by atoms with E-state index in [2.05, 4.69) is 10.5 Å². The first kappa shape index (κ1) is 23.7. The van der Waals surface area contributed by atoms with E-state index in [1.165, 1.54) is 11.8 Å². The van der Waals surface area contributed by atoms with Gasteiger partial charge in [0.2, 0.25) is 0 Å². The maximum Gasteiger partial charge on any atom is 0.307 e. The van der Waals surface area contributed by atoms with E-state index in [9.17, 15) is 4.79 Å². The van der Waals surface area contributed by atoms with Gasteiger partial charge < -0.3 is 13.9 Å². The number of carbonyl (C=O) groups excluding carboxylic acids is 1. The zero-order valence-electron chi connectivity index (χ0n) is 18.6. The fourth-order valence-corrected chi connectivity index (χ4v) is 3.71. The largest absolute Gasteiger partial charge is 0.490 e. The van der Waals surface area contributed by atoms with Gasteiger partial charge in [0.15, 0.2) is 17.3 Å². The number of rotatable bonds is 8. The first-order valence-corrected chi connectivity index (χ1v) is 11.4. The van der Waals surface area contributed by atoms with Crippen LogP contribution in [0.3, 0.4) is 0 Å². The molecule has 1 aromatic heterocycles. The van der Waals surface area contributed by atoms with Gasteiger partial charge in [0, 0.05) is 10.4 Å². The van der Waals surface area contributed by atoms with Crippen LogP contribution in [-0.2, 0) is 6.61 Å². The van der Waals surface area contributed by atoms with Crippen molar-refractivity contribution in [3.63, 3.8) is 0 Å². The number of aryl methyl sites for hydroxylation is 1. The number of halogens is 2. The summed E-state index contributed by atoms with van der Waals surface area (Å²) in [6.07, 6.45) is 1.47. The van der Waals surface area contributed by atoms with E-state index in [0.717, 1.165) is 10.9 Å². The Hall–Kier alpha value is -3.48. The van der Waals surface area contributed by atoms with Crippen LogP contribution in [0.25, 0.3) is 11.0 Å². The Labute approximate surface area is 207 Å². The van der Waals surface area contributed by atoms with Gasteiger partial charge in [-0.1, -0.05) is 53.0 Å². The molecule has 0 aliphatic carbocycles. The van der Waals surface area contributed by atoms with Crippen LogP contribution in [0.5, 0.6) is 11.5 Å². The fourth-order valence-electron chi connectivity index (χ4n) is 3.25. The molecule has 1 heterocycles. The minimum atomic E-state index is -0.488. The first-order valence-electron chi connectivity index (χ1n) is 10.6. The highest BCUT2D eigenvalue weighted by atomic mass is 35.5. The molecule has 1 N–H and O–H groups in total. The highest BCUT2D eigenvalue weighted by molar-refractivity contribution is 6.32. The van der Waals surface area contributed by atoms with Crippen LogP contribution in [0, 0.1) is 6.92 Å². The number of amides is 1. The van der Waals surface area contributed by atoms with Crippen LogP contribution < -0.4 is 14.9 Å². The normalized spacial score (nSPS) is 11.2. The van der Waals surface area contributed by atoms with Crippen LogP contribution in [0.4, 0.5) is 0 Å². The summed E-state index contributed by atoms with van der Waals surface area (Å²) in [5.41, 5.74) is 5.84. The van der Waals surface area contributed by atoms with E-state index in [-0.39, 0.29) is 5.76 Å². The molecule has 0 fully saturated rings. The van der Waals surface area contributed by atoms with Gasteiger partial charge in [0.05, 0.1) is 17.8 Å². The molecule has 3 aromatic carbocycles. The van der Waals surface area contributed by atoms with Crippen molar-refractivity contribution >= 4 is 46.3 Å². The highest BCUT2D eigenvalue weighted by Gasteiger charge is 2.14. The lowest BCUT2D eigenvalue weighted by atomic mass is 10.1. The second kappa shape index (κ2) is 10.6. The summed E-state index contributed by atoms with van der Waals surface area (Å²) in [7, 11) is 0. The third-order valence-electron chi connectivity index (χ3n) is 4.92. The number of hydrogen-bond donors (Lipinski definition) is 1. The number of nitrogens with one attached hydrogen (secondary N) is 1. The Morgan fingerprint density at radius 3 is 2.62 bits per heavy atom. The quantitative estimate of drug-likeness (QED) is 0.215. The summed E-state index contributed by atoms with van der Waals surface area (Å²) in [6.45, 7) is 4.69. The molecule has 0 aliphatic rings. The lowest BCUT2D eigenvalue weighted by Crippen LogP contribution is -2.16. The Balaban J connectivity index is 1.46. The third kappa shape index (κ3) is 5.71. The van der Waals surface area contributed by atoms with Crippen molar-refractivity contribution in [2.24, 2.45) is 5.10 Å². The lowest BCUT2D eigenvalue weighted by Gasteiger charge is -2.14. The average Bonchev–Trinajstić information content (AvgIpc) is 3.23. The minimum Gasteiger partial charge on any atom is -0.490 e. The van der Waals surface area contributed by atoms with Crippen LogP contribution in [-0.4, -0.2) is 18.7 Å². The van der Waals surface area contributed by atoms with E-state index in [1.54, 1.807) is 36.4 Å². The molecule has 0 saturated heterocycles. The third-order valence-corrected chi connectivity index (χ3v) is 5.43. The van der Waals surface area contributed by atoms with E-state index < -0.39 is 5.91 Å². The van der Waals surface area contributed by atoms with Crippen LogP contribution in [0.1, 0.15) is 34.2 Å². The molecule has 0 unspecified atom stereocenters. The number of hydrazone groups is 1. The summed E-state index contributed by atoms with van der Waals surface area (Å²) in [4.78, 5) is 12.4. The molecular weight excluding hydrogens is 475 g/mol. The second-order valence-corrected chi connectivity index (χ2v) is 8.37. The molecular formula is C26H22Cl2N2O4. The molecule has 0 atom stereocenters. The Bertz CT molecular complexity index is 1350. The predicted octanol–water partition coefficient (Wildman–Crippen LogP) is 6.79. The maximum atomic E-state index is 12.4. The lowest BCUT2D eigenvalue weighted by molar-refractivity contribution is 0.0929. The zero-order valence-corrected chi connectivity index (χ0v) is 20.1. The zero-order chi connectivity index (χ0) is 24.1. The second-order valence-electron chi connectivity index (χ2n) is 7.53. The number of ether oxygens (including phenoxy) is 2. The molecule has 0 spiro atoms. The number of furan rings is 1. The molecule has 4 rings (SSSR count). The SMILES string of the molecule is CCOc1cc(/C=N/NC(=O)c2cc3cc(Cl)ccc3o2)cc(Cl)c1OCc1ccc(C)cc1. The molecule has 0 bridgehead atoms. The number of fused-ring (bicyclic) bond motifs is 1. The highest BCUT2D eigenvalue weighted by Crippen LogP contribution is 2.37. The van der Waals surface area contributed by atoms with Gasteiger partial charge in [-0.25, -0.2) is 5.43 Å². The predicted molar refractivity (Wildman–Crippen MR) is 134 cm³/mol. The van der Waals surface area contributed by atoms with Crippen molar-refractivity contribution < 1.29 is 18.7 Å². The summed E-state index contributed by atoms with van der Waals surface area (Å²) in [6, 6.07) is 18.2. The standard InChI is InChI=1S/C26H22Cl2N2O4/c1-3-32-23-11-18(10-21(28)25(23)33-15-17-6-4-16(2)5-7-17)14-29-30-26(31)24-13-19-12-20(27)8-9-22(19)34-24/h4-14H,3,15H2,1-2H3,(H,30,31)/b29-14+. The summed E-state index contributed by atoms with van der Waals surface area (Å²) in [5.74, 6) is 0.579. The average molecular weight is 497 g/mol. The van der Waals surface area contributed by atoms with Gasteiger partial charge >= 0.3 is 5.91 Å². The van der Waals surface area contributed by atoms with Crippen molar-refractivity contribution in [2.45, 2.75) is 20.5 Å². The molecule has 8 heteroatoms. The molecule has 174 valence electrons. The Morgan fingerprint density at radius 1 is 1.06 bits per heavy atom. The van der Waals surface area contributed by atoms with Crippen molar-refractivity contribution in [1.29, 1.82) is 0 Å². The maximum absolute atomic E-state index is 12.4. The van der Waals surface area contributed by atoms with Gasteiger partial charge in [-0.2, -0.15) is 5.10 Å². The van der Waals surface area contributed by atoms with Gasteiger partial charge in [0.25, 0.3) is 0 Å². The topological polar surface area (TPSA) is 73.1 Å². The Kier molecular flexibility index (Phi) is 7.40. The molecule has 4 aromatic rings. The van der Waals surface area contributed by atoms with Gasteiger partial charge in [0.1, 0.15) is 12.2 Å². The van der Waals surface area contributed by atoms with E-state index >= 15 is 0 Å². The van der Waals surface area contributed by atoms with E-state index in [1.807, 2.05) is 38.1 Å². The summed E-state index contributed by atoms with van der Waals surface area (Å²) < 4.78 is 17.2. The van der Waals surface area contributed by atoms with Crippen LogP contribution in [0.2, 0.25) is 10.0 Å². The van der Waals surface area contributed by atoms with Crippen molar-refractivity contribution in [3.8, 4) is 11.5 Å². The van der Waals surface area contributed by atoms with Crippen molar-refractivity contribution in [3.05, 3.63) is 93.2 Å². The van der Waals surface area contributed by atoms with E-state index in [0.29, 0.717) is 45.9 Å². The summed E-state index contributed by atoms with van der Waals surface area (Å²) in [5, 5.41) is 5.68. The summed E-state index contributed by atoms with van der Waals surface area (Å²) >= 11 is 12.5. The van der Waals surface area contributed by atoms with Crippen molar-refractivity contribution in [1.82, 2.24) is 5.43 Å². The number of carbonyl (C=O) groups is 1. The van der Waals surface area contributed by atoms with Crippen molar-refractivity contribution in [2.75, 3.05) is 6.61 Å². The molecule has 0 radical (unpaired) electrons. The molecule has 0 saturated carbocycles. The van der Waals surface area contributed by atoms with Crippen LogP contribution in [0.15, 0.2) is 70.2 Å². The minimum absolute atomic E-state index is 0.127. The van der Waals surface area contributed by atoms with Gasteiger partial charge in [-0.3, -0.25) is 4.79 Å². The molecule has 1 amide bonds. The smallest absolute Gasteiger partial charge is 0.307 e. The number of hydrogen-bond acceptors (Lipinski definition) is 5. The molecule has 34 heavy (non-hydrogen) atoms. The fraction of sp³-hybridized carbons (Fsp3) is 0.154. The molecule has 0 aliphatic heterocycles. The molecule has 6 nitrogen and oxygen atoms in total. The number of benzene rings is 3. The van der Waals surface area contributed by atoms with Gasteiger partial charge in [-0.15, -0.1) is 0 Å². The van der Waals surface area contributed by atoms with Crippen LogP contribution >= 0.6 is 23.2 Å². The van der Waals surface area contributed by atoms with E-state index in [4.69, 9.17) is 37.1 Å². The first-order chi connectivity index (χ1) is 16.4. The van der Waals surface area contributed by atoms with Gasteiger partial charge in [-0.05, 0) is 61.4 Å². The number of nitrogens with zero attached hydrogens (tertiary/aromatic N) is 1. The Morgan fingerprint density at radius 2 is 1.85 bits per heavy atom.